The largest absolute Gasteiger partial charge is 0.542 e. The second-order valence-corrected chi connectivity index (χ2v) is 29.2. The molecule has 0 saturated heterocycles. The lowest BCUT2D eigenvalue weighted by molar-refractivity contribution is -0.144. The molecule has 0 amide bonds. The zero-order valence-electron chi connectivity index (χ0n) is 26.9. The summed E-state index contributed by atoms with van der Waals surface area (Å²) in [6.07, 6.45) is 1.01. The van der Waals surface area contributed by atoms with Gasteiger partial charge in [0.1, 0.15) is 11.4 Å². The van der Waals surface area contributed by atoms with Crippen LogP contribution >= 0.6 is 0 Å². The summed E-state index contributed by atoms with van der Waals surface area (Å²) >= 11 is 0. The molecule has 0 spiro atoms. The highest BCUT2D eigenvalue weighted by atomic mass is 28.4. The Hall–Kier alpha value is -1.83. The van der Waals surface area contributed by atoms with E-state index in [1.165, 1.54) is 0 Å². The van der Waals surface area contributed by atoms with E-state index in [0.717, 1.165) is 5.75 Å². The van der Waals surface area contributed by atoms with Crippen molar-refractivity contribution in [2.45, 2.75) is 129 Å². The van der Waals surface area contributed by atoms with Crippen molar-refractivity contribution in [2.24, 2.45) is 0 Å². The van der Waals surface area contributed by atoms with E-state index < -0.39 is 31.1 Å². The first-order valence-corrected chi connectivity index (χ1v) is 22.5. The van der Waals surface area contributed by atoms with Gasteiger partial charge in [0.25, 0.3) is 16.6 Å². The Morgan fingerprint density at radius 3 is 1.85 bits per heavy atom. The lowest BCUT2D eigenvalue weighted by Gasteiger charge is -2.40. The summed E-state index contributed by atoms with van der Waals surface area (Å²) in [4.78, 5) is 22.6. The highest BCUT2D eigenvalue weighted by molar-refractivity contribution is 6.76. The Morgan fingerprint density at radius 2 is 1.38 bits per heavy atom. The van der Waals surface area contributed by atoms with Gasteiger partial charge in [0.15, 0.2) is 14.4 Å². The van der Waals surface area contributed by atoms with Crippen LogP contribution < -0.4 is 4.43 Å². The fourth-order valence-corrected chi connectivity index (χ4v) is 6.00. The predicted molar refractivity (Wildman–Crippen MR) is 164 cm³/mol. The fourth-order valence-electron chi connectivity index (χ4n) is 2.80. The van der Waals surface area contributed by atoms with E-state index in [-0.39, 0.29) is 27.5 Å². The molecule has 8 nitrogen and oxygen atoms in total. The van der Waals surface area contributed by atoms with Crippen molar-refractivity contribution in [3.05, 3.63) is 24.2 Å². The minimum Gasteiger partial charge on any atom is -0.542 e. The number of carbonyl (C=O) groups is 1. The molecule has 1 atom stereocenters. The van der Waals surface area contributed by atoms with Crippen LogP contribution in [0.5, 0.6) is 5.75 Å². The van der Waals surface area contributed by atoms with Gasteiger partial charge in [0, 0.05) is 0 Å². The quantitative estimate of drug-likeness (QED) is 0.270. The smallest absolute Gasteiger partial charge is 0.321 e. The average Bonchev–Trinajstić information content (AvgIpc) is 3.19. The van der Waals surface area contributed by atoms with E-state index in [1.54, 1.807) is 6.20 Å². The van der Waals surface area contributed by atoms with Crippen LogP contribution in [0, 0.1) is 0 Å². The van der Waals surface area contributed by atoms with Crippen molar-refractivity contribution < 1.29 is 22.6 Å². The molecule has 0 fully saturated rings. The van der Waals surface area contributed by atoms with Gasteiger partial charge < -0.3 is 17.8 Å². The second-order valence-electron chi connectivity index (χ2n) is 15.0. The third-order valence-electron chi connectivity index (χ3n) is 8.64. The first kappa shape index (κ1) is 33.4. The monoisotopic (exact) mass is 593 g/mol. The maximum absolute atomic E-state index is 13.5. The lowest BCUT2D eigenvalue weighted by atomic mass is 10.2. The van der Waals surface area contributed by atoms with Crippen molar-refractivity contribution in [2.75, 3.05) is 0 Å². The number of hydrogen-bond acceptors (Lipinski definition) is 8. The molecule has 0 aliphatic carbocycles. The SMILES string of the molecule is CC(C)(C)[Si](C)(C)OC(=O)C(Cc1nc(-c2ccc(O[Si](C)(C)C(C)(C)C)cn2)no1)O[Si](C)(C)C(C)(C)C. The van der Waals surface area contributed by atoms with Crippen LogP contribution in [-0.2, 0) is 20.1 Å². The first-order chi connectivity index (χ1) is 17.4. The third kappa shape index (κ3) is 8.34. The number of hydrogen-bond donors (Lipinski definition) is 0. The molecule has 2 aromatic heterocycles. The fraction of sp³-hybridized carbons (Fsp3) is 0.714. The number of pyridine rings is 1. The van der Waals surface area contributed by atoms with Crippen molar-refractivity contribution in [1.29, 1.82) is 0 Å². The third-order valence-corrected chi connectivity index (χ3v) is 21.8. The van der Waals surface area contributed by atoms with E-state index in [4.69, 9.17) is 17.8 Å². The van der Waals surface area contributed by atoms with Crippen LogP contribution in [0.15, 0.2) is 22.9 Å². The lowest BCUT2D eigenvalue weighted by Crippen LogP contribution is -2.50. The molecule has 0 bridgehead atoms. The van der Waals surface area contributed by atoms with Gasteiger partial charge in [-0.1, -0.05) is 67.5 Å². The minimum absolute atomic E-state index is 0.0827. The summed E-state index contributed by atoms with van der Waals surface area (Å²) in [6.45, 7) is 32.1. The highest BCUT2D eigenvalue weighted by Crippen LogP contribution is 2.40. The van der Waals surface area contributed by atoms with E-state index in [9.17, 15) is 4.79 Å². The number of carbonyl (C=O) groups excluding carboxylic acids is 1. The standard InChI is InChI=1S/C28H51N3O5Si3/c1-26(2,3)37(10,11)34-20-16-17-21(29-19-20)24-30-23(33-31-24)18-22(35-38(12,13)27(4,5)6)25(32)36-39(14,15)28(7,8)9/h16-17,19,22H,18H2,1-15H3. The molecule has 0 saturated carbocycles. The molecule has 0 N–H and O–H groups in total. The van der Waals surface area contributed by atoms with E-state index in [0.29, 0.717) is 17.4 Å². The van der Waals surface area contributed by atoms with Gasteiger partial charge in [0.2, 0.25) is 11.7 Å². The van der Waals surface area contributed by atoms with Gasteiger partial charge in [-0.15, -0.1) is 0 Å². The summed E-state index contributed by atoms with van der Waals surface area (Å²) in [5.41, 5.74) is 0.568. The van der Waals surface area contributed by atoms with Gasteiger partial charge in [0.05, 0.1) is 12.6 Å². The Labute approximate surface area is 239 Å². The molecule has 1 unspecified atom stereocenters. The van der Waals surface area contributed by atoms with Crippen LogP contribution in [0.1, 0.15) is 68.2 Å². The predicted octanol–water partition coefficient (Wildman–Crippen LogP) is 8.00. The summed E-state index contributed by atoms with van der Waals surface area (Å²) in [7, 11) is -6.62. The molecule has 0 radical (unpaired) electrons. The van der Waals surface area contributed by atoms with Crippen LogP contribution in [0.2, 0.25) is 54.4 Å². The molecule has 220 valence electrons. The molecule has 2 rings (SSSR count). The summed E-state index contributed by atoms with van der Waals surface area (Å²) in [6, 6.07) is 3.71. The van der Waals surface area contributed by atoms with Crippen LogP contribution in [0.4, 0.5) is 0 Å². The molecule has 0 aliphatic rings. The van der Waals surface area contributed by atoms with Crippen molar-refractivity contribution >= 4 is 30.9 Å². The molecule has 2 heterocycles. The number of rotatable bonds is 9. The maximum atomic E-state index is 13.5. The van der Waals surface area contributed by atoms with Crippen molar-refractivity contribution in [3.8, 4) is 17.3 Å². The number of aromatic nitrogens is 3. The van der Waals surface area contributed by atoms with Crippen LogP contribution in [0.3, 0.4) is 0 Å². The summed E-state index contributed by atoms with van der Waals surface area (Å²) in [5.74, 6) is 1.03. The van der Waals surface area contributed by atoms with Gasteiger partial charge in [-0.3, -0.25) is 4.79 Å². The van der Waals surface area contributed by atoms with Gasteiger partial charge in [-0.25, -0.2) is 4.98 Å². The molecule has 2 aromatic rings. The van der Waals surface area contributed by atoms with Crippen LogP contribution in [-0.4, -0.2) is 52.2 Å². The Balaban J connectivity index is 2.28. The van der Waals surface area contributed by atoms with E-state index in [2.05, 4.69) is 117 Å². The normalized spacial score (nSPS) is 14.7. The summed E-state index contributed by atoms with van der Waals surface area (Å²) < 4.78 is 24.6. The average molecular weight is 594 g/mol. The highest BCUT2D eigenvalue weighted by Gasteiger charge is 2.45. The molecule has 39 heavy (non-hydrogen) atoms. The van der Waals surface area contributed by atoms with Crippen LogP contribution in [0.25, 0.3) is 11.5 Å². The zero-order valence-corrected chi connectivity index (χ0v) is 29.9. The molecule has 0 aromatic carbocycles. The Morgan fingerprint density at radius 1 is 0.846 bits per heavy atom. The first-order valence-electron chi connectivity index (χ1n) is 13.7. The topological polar surface area (TPSA) is 96.6 Å². The van der Waals surface area contributed by atoms with Gasteiger partial charge in [-0.05, 0) is 66.5 Å². The van der Waals surface area contributed by atoms with Gasteiger partial charge >= 0.3 is 5.97 Å². The Bertz CT molecular complexity index is 1130. The molecular formula is C28H51N3O5Si3. The zero-order chi connectivity index (χ0) is 30.2. The Kier molecular flexibility index (Phi) is 9.60. The van der Waals surface area contributed by atoms with Gasteiger partial charge in [-0.2, -0.15) is 4.98 Å². The molecular weight excluding hydrogens is 543 g/mol. The maximum Gasteiger partial charge on any atom is 0.321 e. The van der Waals surface area contributed by atoms with E-state index in [1.807, 2.05) is 12.1 Å². The van der Waals surface area contributed by atoms with Crippen molar-refractivity contribution in [3.63, 3.8) is 0 Å². The molecule has 0 aliphatic heterocycles. The minimum atomic E-state index is -2.35. The number of nitrogens with zero attached hydrogens (tertiary/aromatic N) is 3. The molecule has 11 heteroatoms. The summed E-state index contributed by atoms with van der Waals surface area (Å²) in [5, 5.41) is 4.02. The second kappa shape index (κ2) is 11.2. The van der Waals surface area contributed by atoms with E-state index >= 15 is 0 Å². The van der Waals surface area contributed by atoms with Crippen molar-refractivity contribution in [1.82, 2.24) is 15.1 Å².